The van der Waals surface area contributed by atoms with Gasteiger partial charge in [0.05, 0.1) is 11.1 Å². The maximum absolute atomic E-state index is 14.0. The second kappa shape index (κ2) is 10.6. The number of benzene rings is 2. The van der Waals surface area contributed by atoms with Gasteiger partial charge in [-0.3, -0.25) is 14.4 Å². The molecule has 10 heteroatoms. The number of hydrogen-bond acceptors (Lipinski definition) is 5. The molecule has 2 amide bonds. The van der Waals surface area contributed by atoms with Gasteiger partial charge in [0.25, 0.3) is 0 Å². The van der Waals surface area contributed by atoms with E-state index in [0.29, 0.717) is 42.4 Å². The first-order chi connectivity index (χ1) is 19.0. The van der Waals surface area contributed by atoms with Crippen molar-refractivity contribution in [1.29, 1.82) is 5.26 Å². The third kappa shape index (κ3) is 5.93. The molecule has 0 saturated heterocycles. The molecule has 0 aliphatic heterocycles. The highest BCUT2D eigenvalue weighted by molar-refractivity contribution is 6.17. The van der Waals surface area contributed by atoms with Crippen molar-refractivity contribution >= 4 is 23.4 Å². The lowest BCUT2D eigenvalue weighted by Gasteiger charge is -2.21. The van der Waals surface area contributed by atoms with Gasteiger partial charge in [-0.25, -0.2) is 14.3 Å². The number of imide groups is 1. The van der Waals surface area contributed by atoms with E-state index in [0.717, 1.165) is 17.0 Å². The Morgan fingerprint density at radius 1 is 0.900 bits per heavy atom. The standard InChI is InChI=1S/C30H23F4N3O3/c31-24-13-17(1-3-21(24)16-35)2-12-26(38)25-14-22(18-8-10-23(11-9-18)30(32,33)34)15-27(36-25)37(28(39)19-4-5-19)29(40)20-6-7-20/h1,3,8-11,13-15,19-20H,2,4-7,12H2. The summed E-state index contributed by atoms with van der Waals surface area (Å²) < 4.78 is 53.4. The lowest BCUT2D eigenvalue weighted by atomic mass is 10.00. The molecule has 2 aliphatic rings. The van der Waals surface area contributed by atoms with Gasteiger partial charge in [0.2, 0.25) is 11.8 Å². The highest BCUT2D eigenvalue weighted by atomic mass is 19.4. The summed E-state index contributed by atoms with van der Waals surface area (Å²) in [5, 5.41) is 8.92. The molecule has 3 aromatic rings. The topological polar surface area (TPSA) is 91.1 Å². The largest absolute Gasteiger partial charge is 0.416 e. The van der Waals surface area contributed by atoms with Crippen molar-refractivity contribution in [3.8, 4) is 17.2 Å². The van der Waals surface area contributed by atoms with Crippen LogP contribution in [0.25, 0.3) is 11.1 Å². The third-order valence-corrected chi connectivity index (χ3v) is 6.96. The van der Waals surface area contributed by atoms with Gasteiger partial charge < -0.3 is 0 Å². The van der Waals surface area contributed by atoms with Crippen molar-refractivity contribution in [2.75, 3.05) is 4.90 Å². The number of nitriles is 1. The van der Waals surface area contributed by atoms with Gasteiger partial charge in [-0.15, -0.1) is 0 Å². The first kappa shape index (κ1) is 27.2. The fourth-order valence-corrected chi connectivity index (χ4v) is 4.34. The number of rotatable bonds is 8. The molecule has 0 spiro atoms. The molecular formula is C30H23F4N3O3. The number of carbonyl (C=O) groups is 3. The van der Waals surface area contributed by atoms with Crippen LogP contribution in [0.4, 0.5) is 23.4 Å². The Bertz CT molecular complexity index is 1510. The quantitative estimate of drug-likeness (QED) is 0.188. The van der Waals surface area contributed by atoms with E-state index in [2.05, 4.69) is 4.98 Å². The number of aryl methyl sites for hydroxylation is 1. The summed E-state index contributed by atoms with van der Waals surface area (Å²) in [6, 6.07) is 13.0. The summed E-state index contributed by atoms with van der Waals surface area (Å²) in [7, 11) is 0. The fraction of sp³-hybridized carbons (Fsp3) is 0.300. The minimum atomic E-state index is -4.53. The summed E-state index contributed by atoms with van der Waals surface area (Å²) in [5.74, 6) is -2.64. The van der Waals surface area contributed by atoms with Crippen LogP contribution in [0.1, 0.15) is 59.3 Å². The Morgan fingerprint density at radius 3 is 2.05 bits per heavy atom. The number of halogens is 4. The molecule has 0 atom stereocenters. The molecule has 2 fully saturated rings. The molecule has 5 rings (SSSR count). The SMILES string of the molecule is N#Cc1ccc(CCC(=O)c2cc(-c3ccc(C(F)(F)F)cc3)cc(N(C(=O)C3CC3)C(=O)C3CC3)n2)cc1F. The van der Waals surface area contributed by atoms with Gasteiger partial charge in [0, 0.05) is 18.3 Å². The average molecular weight is 550 g/mol. The molecule has 1 aromatic heterocycles. The van der Waals surface area contributed by atoms with Crippen molar-refractivity contribution in [3.63, 3.8) is 0 Å². The van der Waals surface area contributed by atoms with Gasteiger partial charge in [0.15, 0.2) is 5.78 Å². The Labute approximate surface area is 227 Å². The van der Waals surface area contributed by atoms with Gasteiger partial charge in [-0.1, -0.05) is 18.2 Å². The van der Waals surface area contributed by atoms with Crippen LogP contribution in [0.3, 0.4) is 0 Å². The number of anilines is 1. The third-order valence-electron chi connectivity index (χ3n) is 6.96. The van der Waals surface area contributed by atoms with Crippen LogP contribution < -0.4 is 4.90 Å². The van der Waals surface area contributed by atoms with Crippen LogP contribution in [0.2, 0.25) is 0 Å². The maximum atomic E-state index is 14.0. The average Bonchev–Trinajstić information content (AvgIpc) is 3.84. The number of aromatic nitrogens is 1. The second-order valence-electron chi connectivity index (χ2n) is 10.1. The smallest absolute Gasteiger partial charge is 0.292 e. The number of ketones is 1. The van der Waals surface area contributed by atoms with Gasteiger partial charge in [0.1, 0.15) is 23.4 Å². The number of alkyl halides is 3. The molecule has 0 unspecified atom stereocenters. The van der Waals surface area contributed by atoms with Crippen molar-refractivity contribution in [1.82, 2.24) is 4.98 Å². The van der Waals surface area contributed by atoms with Crippen LogP contribution in [-0.2, 0) is 22.2 Å². The Kier molecular flexibility index (Phi) is 7.23. The molecule has 2 aliphatic carbocycles. The van der Waals surface area contributed by atoms with Crippen LogP contribution in [0.15, 0.2) is 54.6 Å². The zero-order chi connectivity index (χ0) is 28.6. The van der Waals surface area contributed by atoms with E-state index in [-0.39, 0.29) is 41.8 Å². The van der Waals surface area contributed by atoms with Gasteiger partial charge >= 0.3 is 6.18 Å². The second-order valence-corrected chi connectivity index (χ2v) is 10.1. The van der Waals surface area contributed by atoms with E-state index in [1.54, 1.807) is 6.07 Å². The first-order valence-corrected chi connectivity index (χ1v) is 12.8. The summed E-state index contributed by atoms with van der Waals surface area (Å²) in [6.07, 6.45) is -1.94. The molecule has 0 N–H and O–H groups in total. The minimum Gasteiger partial charge on any atom is -0.292 e. The van der Waals surface area contributed by atoms with Crippen LogP contribution in [-0.4, -0.2) is 22.6 Å². The molecule has 0 bridgehead atoms. The lowest BCUT2D eigenvalue weighted by molar-refractivity contribution is -0.137. The van der Waals surface area contributed by atoms with E-state index < -0.39 is 35.2 Å². The highest BCUT2D eigenvalue weighted by Crippen LogP contribution is 2.38. The Hall–Kier alpha value is -4.39. The van der Waals surface area contributed by atoms with E-state index in [1.165, 1.54) is 42.5 Å². The molecule has 1 heterocycles. The molecule has 2 aromatic carbocycles. The summed E-state index contributed by atoms with van der Waals surface area (Å²) in [5.41, 5.74) is 0.121. The molecule has 204 valence electrons. The monoisotopic (exact) mass is 549 g/mol. The van der Waals surface area contributed by atoms with Crippen molar-refractivity contribution in [2.45, 2.75) is 44.7 Å². The van der Waals surface area contributed by atoms with E-state index in [9.17, 15) is 31.9 Å². The van der Waals surface area contributed by atoms with E-state index in [4.69, 9.17) is 5.26 Å². The number of amides is 2. The summed E-state index contributed by atoms with van der Waals surface area (Å²) >= 11 is 0. The summed E-state index contributed by atoms with van der Waals surface area (Å²) in [6.45, 7) is 0. The minimum absolute atomic E-state index is 0.0426. The highest BCUT2D eigenvalue weighted by Gasteiger charge is 2.43. The zero-order valence-electron chi connectivity index (χ0n) is 21.2. The van der Waals surface area contributed by atoms with Gasteiger partial charge in [-0.05, 0) is 85.2 Å². The predicted molar refractivity (Wildman–Crippen MR) is 136 cm³/mol. The number of pyridine rings is 1. The van der Waals surface area contributed by atoms with Crippen molar-refractivity contribution in [3.05, 3.63) is 82.8 Å². The number of carbonyl (C=O) groups excluding carboxylic acids is 3. The lowest BCUT2D eigenvalue weighted by Crippen LogP contribution is -2.40. The number of nitrogens with zero attached hydrogens (tertiary/aromatic N) is 3. The van der Waals surface area contributed by atoms with Crippen LogP contribution in [0, 0.1) is 29.0 Å². The summed E-state index contributed by atoms with van der Waals surface area (Å²) in [4.78, 5) is 45.0. The van der Waals surface area contributed by atoms with Gasteiger partial charge in [-0.2, -0.15) is 18.4 Å². The Morgan fingerprint density at radius 2 is 1.52 bits per heavy atom. The maximum Gasteiger partial charge on any atom is 0.416 e. The van der Waals surface area contributed by atoms with Crippen LogP contribution in [0.5, 0.6) is 0 Å². The van der Waals surface area contributed by atoms with E-state index in [1.807, 2.05) is 0 Å². The molecular weight excluding hydrogens is 526 g/mol. The Balaban J connectivity index is 1.50. The van der Waals surface area contributed by atoms with Crippen LogP contribution >= 0.6 is 0 Å². The zero-order valence-corrected chi connectivity index (χ0v) is 21.2. The number of Topliss-reactive ketones (excluding diaryl/α,β-unsaturated/α-hetero) is 1. The van der Waals surface area contributed by atoms with Crippen molar-refractivity contribution < 1.29 is 31.9 Å². The normalized spacial score (nSPS) is 14.9. The predicted octanol–water partition coefficient (Wildman–Crippen LogP) is 6.27. The molecule has 2 saturated carbocycles. The number of hydrogen-bond donors (Lipinski definition) is 0. The molecule has 0 radical (unpaired) electrons. The fourth-order valence-electron chi connectivity index (χ4n) is 4.34. The van der Waals surface area contributed by atoms with Crippen molar-refractivity contribution in [2.24, 2.45) is 11.8 Å². The van der Waals surface area contributed by atoms with E-state index >= 15 is 0 Å². The molecule has 6 nitrogen and oxygen atoms in total. The molecule has 40 heavy (non-hydrogen) atoms. The first-order valence-electron chi connectivity index (χ1n) is 12.8.